The predicted octanol–water partition coefficient (Wildman–Crippen LogP) is 3.11. The fourth-order valence-electron chi connectivity index (χ4n) is 3.05. The van der Waals surface area contributed by atoms with Crippen LogP contribution in [-0.4, -0.2) is 13.1 Å². The second kappa shape index (κ2) is 3.89. The Morgan fingerprint density at radius 2 is 1.94 bits per heavy atom. The van der Waals surface area contributed by atoms with Crippen molar-refractivity contribution in [2.24, 2.45) is 5.92 Å². The maximum absolute atomic E-state index is 3.57. The van der Waals surface area contributed by atoms with Crippen LogP contribution in [0.25, 0.3) is 0 Å². The molecule has 0 amide bonds. The molecule has 0 bridgehead atoms. The Balaban J connectivity index is 1.80. The molecule has 1 heteroatoms. The summed E-state index contributed by atoms with van der Waals surface area (Å²) >= 11 is 0. The molecule has 0 radical (unpaired) electrons. The summed E-state index contributed by atoms with van der Waals surface area (Å²) in [5, 5.41) is 3.57. The Hall–Kier alpha value is -0.820. The van der Waals surface area contributed by atoms with Gasteiger partial charge in [-0.2, -0.15) is 0 Å². The van der Waals surface area contributed by atoms with E-state index in [-0.39, 0.29) is 0 Å². The summed E-state index contributed by atoms with van der Waals surface area (Å²) in [6, 6.07) is 11.8. The SMILES string of the molecule is CNC(CC1CC1)C1(c2ccccc2)CC1. The summed E-state index contributed by atoms with van der Waals surface area (Å²) in [5.74, 6) is 1.01. The highest BCUT2D eigenvalue weighted by Crippen LogP contribution is 2.53. The molecule has 0 heterocycles. The van der Waals surface area contributed by atoms with Crippen LogP contribution in [0, 0.1) is 5.92 Å². The van der Waals surface area contributed by atoms with Gasteiger partial charge in [0.25, 0.3) is 0 Å². The van der Waals surface area contributed by atoms with Gasteiger partial charge in [0.15, 0.2) is 0 Å². The van der Waals surface area contributed by atoms with Crippen LogP contribution < -0.4 is 5.32 Å². The molecule has 1 unspecified atom stereocenters. The van der Waals surface area contributed by atoms with Crippen molar-refractivity contribution in [1.29, 1.82) is 0 Å². The van der Waals surface area contributed by atoms with Crippen LogP contribution in [0.1, 0.15) is 37.7 Å². The highest BCUT2D eigenvalue weighted by Gasteiger charge is 2.50. The van der Waals surface area contributed by atoms with Crippen molar-refractivity contribution in [3.05, 3.63) is 35.9 Å². The Labute approximate surface area is 98.3 Å². The topological polar surface area (TPSA) is 12.0 Å². The lowest BCUT2D eigenvalue weighted by atomic mass is 9.85. The summed E-state index contributed by atoms with van der Waals surface area (Å²) < 4.78 is 0. The van der Waals surface area contributed by atoms with E-state index in [4.69, 9.17) is 0 Å². The van der Waals surface area contributed by atoms with Gasteiger partial charge in [0, 0.05) is 11.5 Å². The van der Waals surface area contributed by atoms with Gasteiger partial charge in [0.05, 0.1) is 0 Å². The molecule has 2 fully saturated rings. The van der Waals surface area contributed by atoms with E-state index < -0.39 is 0 Å². The van der Waals surface area contributed by atoms with Crippen LogP contribution in [0.2, 0.25) is 0 Å². The van der Waals surface area contributed by atoms with E-state index in [0.29, 0.717) is 11.5 Å². The molecule has 1 aromatic rings. The molecule has 0 saturated heterocycles. The van der Waals surface area contributed by atoms with E-state index in [2.05, 4.69) is 42.7 Å². The van der Waals surface area contributed by atoms with Gasteiger partial charge in [0.1, 0.15) is 0 Å². The van der Waals surface area contributed by atoms with Crippen molar-refractivity contribution >= 4 is 0 Å². The first-order valence-electron chi connectivity index (χ1n) is 6.58. The molecule has 0 spiro atoms. The van der Waals surface area contributed by atoms with Crippen molar-refractivity contribution in [3.8, 4) is 0 Å². The van der Waals surface area contributed by atoms with Gasteiger partial charge in [-0.3, -0.25) is 0 Å². The Morgan fingerprint density at radius 3 is 2.44 bits per heavy atom. The lowest BCUT2D eigenvalue weighted by molar-refractivity contribution is 0.400. The fraction of sp³-hybridized carbons (Fsp3) is 0.600. The quantitative estimate of drug-likeness (QED) is 0.796. The van der Waals surface area contributed by atoms with E-state index >= 15 is 0 Å². The highest BCUT2D eigenvalue weighted by molar-refractivity contribution is 5.34. The minimum absolute atomic E-state index is 0.471. The number of benzene rings is 1. The maximum atomic E-state index is 3.57. The number of rotatable bonds is 5. The smallest absolute Gasteiger partial charge is 0.0164 e. The van der Waals surface area contributed by atoms with Crippen LogP contribution in [0.4, 0.5) is 0 Å². The molecule has 16 heavy (non-hydrogen) atoms. The van der Waals surface area contributed by atoms with Crippen LogP contribution in [0.5, 0.6) is 0 Å². The molecule has 1 N–H and O–H groups in total. The molecule has 0 aromatic heterocycles. The zero-order valence-corrected chi connectivity index (χ0v) is 10.1. The first-order chi connectivity index (χ1) is 7.85. The first kappa shape index (κ1) is 10.3. The van der Waals surface area contributed by atoms with Crippen molar-refractivity contribution in [2.75, 3.05) is 7.05 Å². The monoisotopic (exact) mass is 215 g/mol. The third-order valence-corrected chi connectivity index (χ3v) is 4.42. The predicted molar refractivity (Wildman–Crippen MR) is 67.5 cm³/mol. The molecule has 2 aliphatic rings. The van der Waals surface area contributed by atoms with Crippen molar-refractivity contribution in [3.63, 3.8) is 0 Å². The van der Waals surface area contributed by atoms with Gasteiger partial charge in [-0.1, -0.05) is 43.2 Å². The summed E-state index contributed by atoms with van der Waals surface area (Å²) in [6.45, 7) is 0. The lowest BCUT2D eigenvalue weighted by Gasteiger charge is -2.27. The van der Waals surface area contributed by atoms with Gasteiger partial charge in [-0.15, -0.1) is 0 Å². The third-order valence-electron chi connectivity index (χ3n) is 4.42. The first-order valence-corrected chi connectivity index (χ1v) is 6.58. The summed E-state index contributed by atoms with van der Waals surface area (Å²) in [6.07, 6.45) is 7.04. The van der Waals surface area contributed by atoms with Crippen LogP contribution in [-0.2, 0) is 5.41 Å². The van der Waals surface area contributed by atoms with Gasteiger partial charge < -0.3 is 5.32 Å². The Bertz CT molecular complexity index is 349. The molecule has 2 aliphatic carbocycles. The van der Waals surface area contributed by atoms with Gasteiger partial charge in [-0.25, -0.2) is 0 Å². The maximum Gasteiger partial charge on any atom is 0.0164 e. The summed E-state index contributed by atoms with van der Waals surface area (Å²) in [7, 11) is 2.13. The minimum atomic E-state index is 0.471. The van der Waals surface area contributed by atoms with E-state index in [1.165, 1.54) is 32.1 Å². The lowest BCUT2D eigenvalue weighted by Crippen LogP contribution is -2.38. The molecule has 1 aromatic carbocycles. The molecule has 2 saturated carbocycles. The van der Waals surface area contributed by atoms with Crippen molar-refractivity contribution in [2.45, 2.75) is 43.6 Å². The second-order valence-electron chi connectivity index (χ2n) is 5.54. The normalized spacial score (nSPS) is 24.1. The number of hydrogen-bond acceptors (Lipinski definition) is 1. The number of hydrogen-bond donors (Lipinski definition) is 1. The summed E-state index contributed by atoms with van der Waals surface area (Å²) in [4.78, 5) is 0. The van der Waals surface area contributed by atoms with E-state index in [0.717, 1.165) is 5.92 Å². The van der Waals surface area contributed by atoms with Crippen LogP contribution in [0.3, 0.4) is 0 Å². The molecule has 86 valence electrons. The minimum Gasteiger partial charge on any atom is -0.316 e. The van der Waals surface area contributed by atoms with E-state index in [9.17, 15) is 0 Å². The van der Waals surface area contributed by atoms with E-state index in [1.807, 2.05) is 0 Å². The van der Waals surface area contributed by atoms with Crippen LogP contribution >= 0.6 is 0 Å². The number of nitrogens with one attached hydrogen (secondary N) is 1. The molecule has 1 nitrogen and oxygen atoms in total. The number of likely N-dealkylation sites (N-methyl/N-ethyl adjacent to an activating group) is 1. The fourth-order valence-corrected chi connectivity index (χ4v) is 3.05. The van der Waals surface area contributed by atoms with E-state index in [1.54, 1.807) is 5.56 Å². The summed E-state index contributed by atoms with van der Waals surface area (Å²) in [5.41, 5.74) is 2.02. The third kappa shape index (κ3) is 1.78. The van der Waals surface area contributed by atoms with Crippen molar-refractivity contribution < 1.29 is 0 Å². The second-order valence-corrected chi connectivity index (χ2v) is 5.54. The Kier molecular flexibility index (Phi) is 2.51. The van der Waals surface area contributed by atoms with Gasteiger partial charge >= 0.3 is 0 Å². The standard InChI is InChI=1S/C15H21N/c1-16-14(11-12-7-8-12)15(9-10-15)13-5-3-2-4-6-13/h2-6,12,14,16H,7-11H2,1H3. The zero-order valence-electron chi connectivity index (χ0n) is 10.1. The van der Waals surface area contributed by atoms with Crippen LogP contribution in [0.15, 0.2) is 30.3 Å². The average Bonchev–Trinajstić information content (AvgIpc) is 3.21. The highest BCUT2D eigenvalue weighted by atomic mass is 14.9. The molecular formula is C15H21N. The largest absolute Gasteiger partial charge is 0.316 e. The molecule has 0 aliphatic heterocycles. The van der Waals surface area contributed by atoms with Gasteiger partial charge in [0.2, 0.25) is 0 Å². The van der Waals surface area contributed by atoms with Gasteiger partial charge in [-0.05, 0) is 37.8 Å². The molecular weight excluding hydrogens is 194 g/mol. The average molecular weight is 215 g/mol. The molecule has 3 rings (SSSR count). The zero-order chi connectivity index (χ0) is 11.0. The Morgan fingerprint density at radius 1 is 1.25 bits per heavy atom. The van der Waals surface area contributed by atoms with Crippen molar-refractivity contribution in [1.82, 2.24) is 5.32 Å². The molecule has 1 atom stereocenters.